The highest BCUT2D eigenvalue weighted by Gasteiger charge is 2.22. The summed E-state index contributed by atoms with van der Waals surface area (Å²) in [6.07, 6.45) is 2.37. The summed E-state index contributed by atoms with van der Waals surface area (Å²) in [5.41, 5.74) is 0.715. The lowest BCUT2D eigenvalue weighted by atomic mass is 10.2. The van der Waals surface area contributed by atoms with E-state index >= 15 is 0 Å². The van der Waals surface area contributed by atoms with Crippen molar-refractivity contribution in [2.75, 3.05) is 31.8 Å². The summed E-state index contributed by atoms with van der Waals surface area (Å²) in [5.74, 6) is 1.33. The van der Waals surface area contributed by atoms with E-state index in [0.29, 0.717) is 23.7 Å². The molecule has 1 fully saturated rings. The number of hydrogen-bond donors (Lipinski definition) is 1. The van der Waals surface area contributed by atoms with Gasteiger partial charge in [0.1, 0.15) is 0 Å². The smallest absolute Gasteiger partial charge is 0.238 e. The molecule has 1 atom stereocenters. The normalized spacial score (nSPS) is 18.4. The van der Waals surface area contributed by atoms with E-state index in [9.17, 15) is 4.79 Å². The molecule has 7 heteroatoms. The summed E-state index contributed by atoms with van der Waals surface area (Å²) in [5, 5.41) is 5.01. The molecule has 26 heavy (non-hydrogen) atoms. The number of carbonyl (C=O) groups excluding carboxylic acids is 1. The maximum absolute atomic E-state index is 12.6. The average molecular weight is 374 g/mol. The number of nitrogens with one attached hydrogen (secondary N) is 1. The number of ether oxygens (including phenoxy) is 3. The monoisotopic (exact) mass is 374 g/mol. The van der Waals surface area contributed by atoms with E-state index in [4.69, 9.17) is 14.2 Å². The lowest BCUT2D eigenvalue weighted by Gasteiger charge is -2.24. The maximum atomic E-state index is 12.6. The molecule has 1 saturated heterocycles. The van der Waals surface area contributed by atoms with Crippen LogP contribution in [0.25, 0.3) is 0 Å². The summed E-state index contributed by atoms with van der Waals surface area (Å²) in [7, 11) is 0. The number of thiophene rings is 1. The van der Waals surface area contributed by atoms with Crippen LogP contribution >= 0.6 is 11.3 Å². The molecule has 0 bridgehead atoms. The van der Waals surface area contributed by atoms with E-state index in [1.165, 1.54) is 4.88 Å². The molecule has 6 nitrogen and oxygen atoms in total. The second-order valence-electron chi connectivity index (χ2n) is 6.50. The summed E-state index contributed by atoms with van der Waals surface area (Å²) in [6, 6.07) is 9.58. The Kier molecular flexibility index (Phi) is 5.38. The Morgan fingerprint density at radius 2 is 2.19 bits per heavy atom. The Balaban J connectivity index is 1.38. The number of fused-ring (bicyclic) bond motifs is 1. The highest BCUT2D eigenvalue weighted by molar-refractivity contribution is 7.09. The number of nitrogens with zero attached hydrogens (tertiary/aromatic N) is 1. The Morgan fingerprint density at radius 1 is 1.27 bits per heavy atom. The molecule has 3 heterocycles. The quantitative estimate of drug-likeness (QED) is 0.807. The molecule has 0 radical (unpaired) electrons. The summed E-state index contributed by atoms with van der Waals surface area (Å²) in [4.78, 5) is 16.0. The van der Waals surface area contributed by atoms with Crippen molar-refractivity contribution in [3.63, 3.8) is 0 Å². The van der Waals surface area contributed by atoms with Crippen LogP contribution in [0.3, 0.4) is 0 Å². The van der Waals surface area contributed by atoms with Gasteiger partial charge in [0.25, 0.3) is 0 Å². The lowest BCUT2D eigenvalue weighted by Crippen LogP contribution is -2.37. The van der Waals surface area contributed by atoms with E-state index in [1.807, 2.05) is 18.2 Å². The molecule has 138 valence electrons. The van der Waals surface area contributed by atoms with Crippen LogP contribution in [-0.4, -0.2) is 43.4 Å². The Morgan fingerprint density at radius 3 is 3.00 bits per heavy atom. The first kappa shape index (κ1) is 17.3. The molecular formula is C19H22N2O4S. The summed E-state index contributed by atoms with van der Waals surface area (Å²) in [6.45, 7) is 2.90. The Hall–Kier alpha value is -2.09. The van der Waals surface area contributed by atoms with Crippen molar-refractivity contribution in [3.05, 3.63) is 40.6 Å². The van der Waals surface area contributed by atoms with E-state index in [2.05, 4.69) is 21.7 Å². The molecule has 1 amide bonds. The van der Waals surface area contributed by atoms with Crippen LogP contribution in [0, 0.1) is 0 Å². The third kappa shape index (κ3) is 4.35. The van der Waals surface area contributed by atoms with Gasteiger partial charge in [0.05, 0.1) is 12.6 Å². The van der Waals surface area contributed by atoms with Gasteiger partial charge < -0.3 is 19.5 Å². The van der Waals surface area contributed by atoms with Gasteiger partial charge in [-0.2, -0.15) is 0 Å². The molecule has 0 unspecified atom stereocenters. The van der Waals surface area contributed by atoms with Crippen LogP contribution in [0.5, 0.6) is 11.5 Å². The molecule has 2 aliphatic rings. The SMILES string of the molecule is O=C(CN(Cc1cccs1)C[C@@H]1CCCO1)Nc1ccc2c(c1)OCO2. The van der Waals surface area contributed by atoms with Crippen LogP contribution in [0.1, 0.15) is 17.7 Å². The highest BCUT2D eigenvalue weighted by Crippen LogP contribution is 2.34. The number of amides is 1. The van der Waals surface area contributed by atoms with Crippen molar-refractivity contribution in [1.82, 2.24) is 4.90 Å². The van der Waals surface area contributed by atoms with E-state index in [0.717, 1.165) is 32.5 Å². The molecule has 1 N–H and O–H groups in total. The molecule has 0 spiro atoms. The minimum atomic E-state index is -0.0431. The zero-order valence-corrected chi connectivity index (χ0v) is 15.3. The molecule has 2 aromatic rings. The lowest BCUT2D eigenvalue weighted by molar-refractivity contribution is -0.117. The molecule has 1 aromatic heterocycles. The van der Waals surface area contributed by atoms with Gasteiger partial charge in [-0.3, -0.25) is 9.69 Å². The number of rotatable bonds is 7. The van der Waals surface area contributed by atoms with Crippen molar-refractivity contribution in [2.45, 2.75) is 25.5 Å². The van der Waals surface area contributed by atoms with Gasteiger partial charge in [0.15, 0.2) is 11.5 Å². The number of hydrogen-bond acceptors (Lipinski definition) is 6. The molecule has 0 saturated carbocycles. The van der Waals surface area contributed by atoms with Gasteiger partial charge in [0, 0.05) is 36.3 Å². The van der Waals surface area contributed by atoms with Crippen LogP contribution in [0.2, 0.25) is 0 Å². The zero-order valence-electron chi connectivity index (χ0n) is 14.5. The topological polar surface area (TPSA) is 60.0 Å². The first-order valence-electron chi connectivity index (χ1n) is 8.82. The summed E-state index contributed by atoms with van der Waals surface area (Å²) < 4.78 is 16.4. The van der Waals surface area contributed by atoms with E-state index in [1.54, 1.807) is 17.4 Å². The molecule has 4 rings (SSSR count). The van der Waals surface area contributed by atoms with Crippen LogP contribution in [0.15, 0.2) is 35.7 Å². The minimum absolute atomic E-state index is 0.0431. The van der Waals surface area contributed by atoms with Gasteiger partial charge in [-0.05, 0) is 36.4 Å². The maximum Gasteiger partial charge on any atom is 0.238 e. The van der Waals surface area contributed by atoms with Crippen molar-refractivity contribution in [1.29, 1.82) is 0 Å². The Labute approximate surface area is 156 Å². The first-order valence-corrected chi connectivity index (χ1v) is 9.70. The number of anilines is 1. The van der Waals surface area contributed by atoms with E-state index < -0.39 is 0 Å². The van der Waals surface area contributed by atoms with Gasteiger partial charge in [-0.15, -0.1) is 11.3 Å². The average Bonchev–Trinajstić information content (AvgIpc) is 3.36. The second kappa shape index (κ2) is 8.07. The second-order valence-corrected chi connectivity index (χ2v) is 7.53. The first-order chi connectivity index (χ1) is 12.8. The fourth-order valence-electron chi connectivity index (χ4n) is 3.26. The molecule has 2 aliphatic heterocycles. The van der Waals surface area contributed by atoms with Gasteiger partial charge in [-0.25, -0.2) is 0 Å². The van der Waals surface area contributed by atoms with Crippen molar-refractivity contribution in [2.24, 2.45) is 0 Å². The van der Waals surface area contributed by atoms with Gasteiger partial charge in [0.2, 0.25) is 12.7 Å². The Bertz CT molecular complexity index is 744. The van der Waals surface area contributed by atoms with Crippen LogP contribution < -0.4 is 14.8 Å². The number of carbonyl (C=O) groups is 1. The van der Waals surface area contributed by atoms with Crippen molar-refractivity contribution >= 4 is 22.9 Å². The third-order valence-electron chi connectivity index (χ3n) is 4.47. The van der Waals surface area contributed by atoms with Crippen molar-refractivity contribution < 1.29 is 19.0 Å². The van der Waals surface area contributed by atoms with E-state index in [-0.39, 0.29) is 18.8 Å². The zero-order chi connectivity index (χ0) is 17.8. The van der Waals surface area contributed by atoms with Crippen LogP contribution in [-0.2, 0) is 16.1 Å². The highest BCUT2D eigenvalue weighted by atomic mass is 32.1. The largest absolute Gasteiger partial charge is 0.454 e. The molecule has 1 aromatic carbocycles. The van der Waals surface area contributed by atoms with Crippen LogP contribution in [0.4, 0.5) is 5.69 Å². The molecular weight excluding hydrogens is 352 g/mol. The fraction of sp³-hybridized carbons (Fsp3) is 0.421. The minimum Gasteiger partial charge on any atom is -0.454 e. The van der Waals surface area contributed by atoms with Gasteiger partial charge in [-0.1, -0.05) is 6.07 Å². The number of benzene rings is 1. The van der Waals surface area contributed by atoms with Gasteiger partial charge >= 0.3 is 0 Å². The third-order valence-corrected chi connectivity index (χ3v) is 5.33. The predicted molar refractivity (Wildman–Crippen MR) is 99.8 cm³/mol. The molecule has 0 aliphatic carbocycles. The predicted octanol–water partition coefficient (Wildman–Crippen LogP) is 3.10. The van der Waals surface area contributed by atoms with Crippen molar-refractivity contribution in [3.8, 4) is 11.5 Å². The standard InChI is InChI=1S/C19H22N2O4S/c22-19(20-14-5-6-17-18(9-14)25-13-24-17)12-21(10-15-3-1-7-23-15)11-16-4-2-8-26-16/h2,4-6,8-9,15H,1,3,7,10-13H2,(H,20,22)/t15-/m0/s1. The fourth-order valence-corrected chi connectivity index (χ4v) is 4.01. The summed E-state index contributed by atoms with van der Waals surface area (Å²) >= 11 is 1.71.